The molecule has 0 aromatic carbocycles. The lowest BCUT2D eigenvalue weighted by Gasteiger charge is -2.25. The molecule has 0 amide bonds. The average Bonchev–Trinajstić information content (AvgIpc) is 2.08. The molecule has 1 aliphatic carbocycles. The van der Waals surface area contributed by atoms with Gasteiger partial charge in [0.1, 0.15) is 0 Å². The van der Waals surface area contributed by atoms with Gasteiger partial charge in [0.25, 0.3) is 0 Å². The predicted octanol–water partition coefficient (Wildman–Crippen LogP) is 4.89. The van der Waals surface area contributed by atoms with E-state index in [1.807, 2.05) is 13.8 Å². The number of hydrogen-bond donors (Lipinski definition) is 0. The van der Waals surface area contributed by atoms with Crippen molar-refractivity contribution in [2.75, 3.05) is 0 Å². The molecule has 1 aliphatic rings. The Balaban J connectivity index is 0. The second-order valence-corrected chi connectivity index (χ2v) is 3.55. The molecular formula is C12H28. The maximum atomic E-state index is 2.39. The van der Waals surface area contributed by atoms with Crippen molar-refractivity contribution in [3.05, 3.63) is 0 Å². The first-order chi connectivity index (χ1) is 5.33. The van der Waals surface area contributed by atoms with Gasteiger partial charge < -0.3 is 0 Å². The number of rotatable bonds is 1. The molecule has 0 aromatic heterocycles. The zero-order valence-corrected chi connectivity index (χ0v) is 8.69. The highest BCUT2D eigenvalue weighted by Gasteiger charge is 2.16. The van der Waals surface area contributed by atoms with Crippen LogP contribution in [-0.4, -0.2) is 0 Å². The van der Waals surface area contributed by atoms with Gasteiger partial charge in [-0.3, -0.25) is 0 Å². The first-order valence-electron chi connectivity index (χ1n) is 5.33. The lowest BCUT2D eigenvalue weighted by atomic mass is 9.81. The summed E-state index contributed by atoms with van der Waals surface area (Å²) in [6.07, 6.45) is 7.37. The van der Waals surface area contributed by atoms with E-state index in [0.29, 0.717) is 0 Å². The van der Waals surface area contributed by atoms with Gasteiger partial charge in [-0.05, 0) is 18.3 Å². The minimum Gasteiger partial charge on any atom is -0.0776 e. The van der Waals surface area contributed by atoms with Crippen LogP contribution in [0.25, 0.3) is 0 Å². The Morgan fingerprint density at radius 2 is 1.75 bits per heavy atom. The molecule has 12 heavy (non-hydrogen) atoms. The van der Waals surface area contributed by atoms with E-state index in [0.717, 1.165) is 11.8 Å². The van der Waals surface area contributed by atoms with Gasteiger partial charge in [0.05, 0.1) is 0 Å². The van der Waals surface area contributed by atoms with Crippen molar-refractivity contribution in [2.45, 2.75) is 67.2 Å². The summed E-state index contributed by atoms with van der Waals surface area (Å²) >= 11 is 0. The summed E-state index contributed by atoms with van der Waals surface area (Å²) in [5, 5.41) is 0. The summed E-state index contributed by atoms with van der Waals surface area (Å²) < 4.78 is 0. The van der Waals surface area contributed by atoms with Gasteiger partial charge in [-0.25, -0.2) is 0 Å². The van der Waals surface area contributed by atoms with Crippen molar-refractivity contribution in [3.8, 4) is 0 Å². The van der Waals surface area contributed by atoms with Gasteiger partial charge in [0.2, 0.25) is 0 Å². The van der Waals surface area contributed by atoms with Crippen LogP contribution in [0.1, 0.15) is 67.2 Å². The molecule has 0 heterocycles. The SMILES string of the molecule is C.CC.CCC1CCCC(C)C1. The molecule has 2 unspecified atom stereocenters. The lowest BCUT2D eigenvalue weighted by Crippen LogP contribution is -2.11. The van der Waals surface area contributed by atoms with E-state index < -0.39 is 0 Å². The van der Waals surface area contributed by atoms with E-state index in [2.05, 4.69) is 13.8 Å². The standard InChI is InChI=1S/C9H18.C2H6.CH4/c1-3-9-6-4-5-8(2)7-9;1-2;/h8-9H,3-7H2,1-2H3;1-2H3;1H4. The molecule has 0 N–H and O–H groups in total. The minimum absolute atomic E-state index is 0. The van der Waals surface area contributed by atoms with Crippen LogP contribution in [0.2, 0.25) is 0 Å². The number of hydrogen-bond acceptors (Lipinski definition) is 0. The van der Waals surface area contributed by atoms with Crippen molar-refractivity contribution >= 4 is 0 Å². The minimum atomic E-state index is 0. The van der Waals surface area contributed by atoms with Gasteiger partial charge in [-0.1, -0.05) is 60.8 Å². The van der Waals surface area contributed by atoms with Crippen LogP contribution in [-0.2, 0) is 0 Å². The fraction of sp³-hybridized carbons (Fsp3) is 1.00. The first-order valence-corrected chi connectivity index (χ1v) is 5.33. The molecule has 0 bridgehead atoms. The topological polar surface area (TPSA) is 0 Å². The van der Waals surface area contributed by atoms with Crippen molar-refractivity contribution in [1.29, 1.82) is 0 Å². The zero-order chi connectivity index (χ0) is 8.69. The highest BCUT2D eigenvalue weighted by Crippen LogP contribution is 2.29. The maximum Gasteiger partial charge on any atom is -0.0414 e. The van der Waals surface area contributed by atoms with Crippen LogP contribution in [0.15, 0.2) is 0 Å². The Kier molecular flexibility index (Phi) is 11.0. The molecule has 2 atom stereocenters. The van der Waals surface area contributed by atoms with Crippen LogP contribution in [0.3, 0.4) is 0 Å². The molecule has 1 rings (SSSR count). The largest absolute Gasteiger partial charge is 0.0776 e. The molecule has 0 aromatic rings. The maximum absolute atomic E-state index is 2.39. The Labute approximate surface area is 79.8 Å². The molecular weight excluding hydrogens is 144 g/mol. The smallest absolute Gasteiger partial charge is 0.0414 e. The Hall–Kier alpha value is 0. The van der Waals surface area contributed by atoms with Crippen LogP contribution in [0.5, 0.6) is 0 Å². The third-order valence-corrected chi connectivity index (χ3v) is 2.62. The third-order valence-electron chi connectivity index (χ3n) is 2.62. The van der Waals surface area contributed by atoms with Gasteiger partial charge >= 0.3 is 0 Å². The Morgan fingerprint density at radius 1 is 1.17 bits per heavy atom. The van der Waals surface area contributed by atoms with E-state index in [1.54, 1.807) is 0 Å². The Morgan fingerprint density at radius 3 is 2.08 bits per heavy atom. The monoisotopic (exact) mass is 172 g/mol. The summed E-state index contributed by atoms with van der Waals surface area (Å²) in [5.41, 5.74) is 0. The molecule has 0 spiro atoms. The van der Waals surface area contributed by atoms with Crippen LogP contribution in [0, 0.1) is 11.8 Å². The average molecular weight is 172 g/mol. The van der Waals surface area contributed by atoms with Crippen molar-refractivity contribution < 1.29 is 0 Å². The molecule has 1 saturated carbocycles. The fourth-order valence-corrected chi connectivity index (χ4v) is 1.93. The predicted molar refractivity (Wildman–Crippen MR) is 59.5 cm³/mol. The van der Waals surface area contributed by atoms with Crippen LogP contribution in [0.4, 0.5) is 0 Å². The molecule has 1 fully saturated rings. The fourth-order valence-electron chi connectivity index (χ4n) is 1.93. The third kappa shape index (κ3) is 5.62. The van der Waals surface area contributed by atoms with Crippen LogP contribution >= 0.6 is 0 Å². The van der Waals surface area contributed by atoms with E-state index >= 15 is 0 Å². The second kappa shape index (κ2) is 9.09. The summed E-state index contributed by atoms with van der Waals surface area (Å²) in [5.74, 6) is 2.08. The van der Waals surface area contributed by atoms with E-state index in [9.17, 15) is 0 Å². The van der Waals surface area contributed by atoms with Gasteiger partial charge in [0.15, 0.2) is 0 Å². The highest BCUT2D eigenvalue weighted by molar-refractivity contribution is 4.68. The molecule has 0 heteroatoms. The van der Waals surface area contributed by atoms with E-state index in [1.165, 1.54) is 32.1 Å². The summed E-state index contributed by atoms with van der Waals surface area (Å²) in [4.78, 5) is 0. The zero-order valence-electron chi connectivity index (χ0n) is 8.69. The van der Waals surface area contributed by atoms with Gasteiger partial charge in [0, 0.05) is 0 Å². The quantitative estimate of drug-likeness (QED) is 0.528. The van der Waals surface area contributed by atoms with Crippen molar-refractivity contribution in [1.82, 2.24) is 0 Å². The lowest BCUT2D eigenvalue weighted by molar-refractivity contribution is 0.276. The summed E-state index contributed by atoms with van der Waals surface area (Å²) in [6, 6.07) is 0. The normalized spacial score (nSPS) is 28.0. The highest BCUT2D eigenvalue weighted by atomic mass is 14.2. The summed E-state index contributed by atoms with van der Waals surface area (Å²) in [7, 11) is 0. The Bertz CT molecular complexity index is 76.1. The van der Waals surface area contributed by atoms with Crippen LogP contribution < -0.4 is 0 Å². The van der Waals surface area contributed by atoms with Crippen molar-refractivity contribution in [3.63, 3.8) is 0 Å². The molecule has 0 saturated heterocycles. The summed E-state index contributed by atoms with van der Waals surface area (Å²) in [6.45, 7) is 8.71. The second-order valence-electron chi connectivity index (χ2n) is 3.55. The van der Waals surface area contributed by atoms with Gasteiger partial charge in [-0.15, -0.1) is 0 Å². The van der Waals surface area contributed by atoms with E-state index in [-0.39, 0.29) is 7.43 Å². The first kappa shape index (κ1) is 14.5. The van der Waals surface area contributed by atoms with Crippen molar-refractivity contribution in [2.24, 2.45) is 11.8 Å². The van der Waals surface area contributed by atoms with Gasteiger partial charge in [-0.2, -0.15) is 0 Å². The molecule has 0 radical (unpaired) electrons. The molecule has 76 valence electrons. The van der Waals surface area contributed by atoms with E-state index in [4.69, 9.17) is 0 Å². The molecule has 0 nitrogen and oxygen atoms in total. The molecule has 0 aliphatic heterocycles.